The number of hydrogen-bond acceptors (Lipinski definition) is 3. The average Bonchev–Trinajstić information content (AvgIpc) is 3.27. The predicted octanol–water partition coefficient (Wildman–Crippen LogP) is 2.41. The van der Waals surface area contributed by atoms with Crippen LogP contribution in [0.2, 0.25) is 0 Å². The number of aromatic amines is 2. The monoisotopic (exact) mass is 342 g/mol. The van der Waals surface area contributed by atoms with Gasteiger partial charge in [-0.2, -0.15) is 25.2 Å². The summed E-state index contributed by atoms with van der Waals surface area (Å²) in [6.45, 7) is 10.9. The Balaban J connectivity index is 1.82. The SMILES string of the molecule is CC(C)c1cc(CC(C)c2cc[n+](C(C)(C)c3cn[nH]n3)n2C)[nH]n1. The fourth-order valence-corrected chi connectivity index (χ4v) is 3.35. The highest BCUT2D eigenvalue weighted by Crippen LogP contribution is 2.22. The molecule has 3 heterocycles. The van der Waals surface area contributed by atoms with E-state index in [0.717, 1.165) is 17.8 Å². The molecule has 0 aliphatic rings. The molecule has 3 rings (SSSR count). The molecule has 2 N–H and O–H groups in total. The third-order valence-corrected chi connectivity index (χ3v) is 4.97. The Morgan fingerprint density at radius 3 is 2.60 bits per heavy atom. The van der Waals surface area contributed by atoms with Crippen LogP contribution in [0.25, 0.3) is 0 Å². The van der Waals surface area contributed by atoms with Gasteiger partial charge in [-0.25, -0.2) is 0 Å². The number of H-pyrrole nitrogens is 2. The molecular weight excluding hydrogens is 314 g/mol. The van der Waals surface area contributed by atoms with Gasteiger partial charge in [-0.05, 0) is 18.4 Å². The molecule has 1 atom stereocenters. The standard InChI is InChI=1S/C18H28N7/c1-12(2)15-10-14(20-21-15)9-13(3)16-7-8-25(24(16)6)18(4,5)17-11-19-23-22-17/h7-8,10-13H,9H2,1-6H3,(H,20,21)(H,19,22,23)/q+1. The fraction of sp³-hybridized carbons (Fsp3) is 0.556. The molecule has 0 spiro atoms. The molecule has 25 heavy (non-hydrogen) atoms. The van der Waals surface area contributed by atoms with Gasteiger partial charge >= 0.3 is 0 Å². The summed E-state index contributed by atoms with van der Waals surface area (Å²) in [4.78, 5) is 0. The van der Waals surface area contributed by atoms with Crippen molar-refractivity contribution in [2.24, 2.45) is 7.05 Å². The Hall–Kier alpha value is -2.44. The van der Waals surface area contributed by atoms with Gasteiger partial charge in [0.15, 0.2) is 11.9 Å². The summed E-state index contributed by atoms with van der Waals surface area (Å²) in [5.41, 5.74) is 4.21. The van der Waals surface area contributed by atoms with Gasteiger partial charge in [0.25, 0.3) is 0 Å². The maximum atomic E-state index is 4.41. The first-order valence-electron chi connectivity index (χ1n) is 8.79. The van der Waals surface area contributed by atoms with E-state index < -0.39 is 0 Å². The number of nitrogens with zero attached hydrogens (tertiary/aromatic N) is 5. The van der Waals surface area contributed by atoms with Gasteiger partial charge in [0, 0.05) is 31.5 Å². The van der Waals surface area contributed by atoms with Crippen molar-refractivity contribution in [3.05, 3.63) is 47.3 Å². The van der Waals surface area contributed by atoms with Gasteiger partial charge in [0.1, 0.15) is 0 Å². The first-order chi connectivity index (χ1) is 11.8. The maximum Gasteiger partial charge on any atom is 0.230 e. The average molecular weight is 342 g/mol. The summed E-state index contributed by atoms with van der Waals surface area (Å²) in [6, 6.07) is 4.36. The van der Waals surface area contributed by atoms with Crippen molar-refractivity contribution in [1.29, 1.82) is 0 Å². The zero-order valence-corrected chi connectivity index (χ0v) is 15.9. The largest absolute Gasteiger partial charge is 0.282 e. The Bertz CT molecular complexity index is 824. The molecule has 7 nitrogen and oxygen atoms in total. The lowest BCUT2D eigenvalue weighted by atomic mass is 10.0. The minimum Gasteiger partial charge on any atom is -0.282 e. The van der Waals surface area contributed by atoms with Crippen molar-refractivity contribution in [2.75, 3.05) is 0 Å². The highest BCUT2D eigenvalue weighted by Gasteiger charge is 2.37. The molecule has 0 saturated carbocycles. The van der Waals surface area contributed by atoms with Gasteiger partial charge < -0.3 is 0 Å². The third-order valence-electron chi connectivity index (χ3n) is 4.97. The summed E-state index contributed by atoms with van der Waals surface area (Å²) in [6.07, 6.45) is 4.83. The summed E-state index contributed by atoms with van der Waals surface area (Å²) in [7, 11) is 2.10. The smallest absolute Gasteiger partial charge is 0.230 e. The molecule has 0 bridgehead atoms. The number of hydrogen-bond donors (Lipinski definition) is 2. The highest BCUT2D eigenvalue weighted by atomic mass is 15.4. The van der Waals surface area contributed by atoms with Gasteiger partial charge in [0.2, 0.25) is 5.54 Å². The van der Waals surface area contributed by atoms with Crippen molar-refractivity contribution in [3.8, 4) is 0 Å². The van der Waals surface area contributed by atoms with Crippen LogP contribution in [0.5, 0.6) is 0 Å². The van der Waals surface area contributed by atoms with Crippen LogP contribution in [0.15, 0.2) is 24.5 Å². The molecule has 3 aromatic rings. The second-order valence-electron chi connectivity index (χ2n) is 7.60. The van der Waals surface area contributed by atoms with Gasteiger partial charge in [-0.1, -0.05) is 20.8 Å². The van der Waals surface area contributed by atoms with E-state index in [-0.39, 0.29) is 5.54 Å². The second kappa shape index (κ2) is 6.46. The first-order valence-corrected chi connectivity index (χ1v) is 8.79. The van der Waals surface area contributed by atoms with Crippen LogP contribution >= 0.6 is 0 Å². The van der Waals surface area contributed by atoms with E-state index in [2.05, 4.69) is 95.0 Å². The van der Waals surface area contributed by atoms with E-state index in [0.29, 0.717) is 11.8 Å². The molecular formula is C18H28N7+. The van der Waals surface area contributed by atoms with Crippen LogP contribution in [-0.2, 0) is 19.0 Å². The van der Waals surface area contributed by atoms with Crippen LogP contribution in [0.4, 0.5) is 0 Å². The van der Waals surface area contributed by atoms with Crippen molar-refractivity contribution in [3.63, 3.8) is 0 Å². The zero-order valence-electron chi connectivity index (χ0n) is 15.9. The third kappa shape index (κ3) is 3.23. The predicted molar refractivity (Wildman–Crippen MR) is 95.2 cm³/mol. The van der Waals surface area contributed by atoms with Crippen LogP contribution in [0.1, 0.15) is 69.2 Å². The Morgan fingerprint density at radius 1 is 1.24 bits per heavy atom. The van der Waals surface area contributed by atoms with E-state index in [4.69, 9.17) is 0 Å². The number of aromatic nitrogens is 7. The van der Waals surface area contributed by atoms with Gasteiger partial charge in [-0.15, -0.1) is 4.68 Å². The Morgan fingerprint density at radius 2 is 2.00 bits per heavy atom. The van der Waals surface area contributed by atoms with E-state index in [1.165, 1.54) is 11.4 Å². The summed E-state index contributed by atoms with van der Waals surface area (Å²) >= 11 is 0. The van der Waals surface area contributed by atoms with Crippen LogP contribution in [0, 0.1) is 0 Å². The zero-order chi connectivity index (χ0) is 18.2. The minimum absolute atomic E-state index is 0.279. The van der Waals surface area contributed by atoms with Gasteiger partial charge in [0.05, 0.1) is 24.6 Å². The normalized spacial score (nSPS) is 13.6. The van der Waals surface area contributed by atoms with Crippen molar-refractivity contribution < 1.29 is 4.68 Å². The van der Waals surface area contributed by atoms with Gasteiger partial charge in [-0.3, -0.25) is 5.10 Å². The summed E-state index contributed by atoms with van der Waals surface area (Å²) in [5, 5.41) is 18.5. The Kier molecular flexibility index (Phi) is 4.49. The fourth-order valence-electron chi connectivity index (χ4n) is 3.35. The molecule has 0 radical (unpaired) electrons. The summed E-state index contributed by atoms with van der Waals surface area (Å²) in [5.74, 6) is 0.820. The highest BCUT2D eigenvalue weighted by molar-refractivity contribution is 5.16. The minimum atomic E-state index is -0.279. The van der Waals surface area contributed by atoms with Crippen LogP contribution < -0.4 is 4.68 Å². The number of rotatable bonds is 6. The Labute approximate surface area is 148 Å². The quantitative estimate of drug-likeness (QED) is 0.675. The first kappa shape index (κ1) is 17.4. The molecule has 0 aliphatic heterocycles. The molecule has 1 unspecified atom stereocenters. The second-order valence-corrected chi connectivity index (χ2v) is 7.60. The lowest BCUT2D eigenvalue weighted by Gasteiger charge is -2.17. The van der Waals surface area contributed by atoms with E-state index in [9.17, 15) is 0 Å². The molecule has 0 fully saturated rings. The molecule has 0 amide bonds. The van der Waals surface area contributed by atoms with Crippen molar-refractivity contribution >= 4 is 0 Å². The lowest BCUT2D eigenvalue weighted by molar-refractivity contribution is -0.818. The van der Waals surface area contributed by atoms with Crippen molar-refractivity contribution in [1.82, 2.24) is 30.3 Å². The molecule has 134 valence electrons. The van der Waals surface area contributed by atoms with Crippen LogP contribution in [0.3, 0.4) is 0 Å². The molecule has 0 aliphatic carbocycles. The summed E-state index contributed by atoms with van der Waals surface area (Å²) < 4.78 is 4.41. The van der Waals surface area contributed by atoms with E-state index in [1.807, 2.05) is 0 Å². The molecule has 7 heteroatoms. The van der Waals surface area contributed by atoms with E-state index >= 15 is 0 Å². The maximum absolute atomic E-state index is 4.41. The van der Waals surface area contributed by atoms with Crippen molar-refractivity contribution in [2.45, 2.75) is 58.4 Å². The topological polar surface area (TPSA) is 79.1 Å². The van der Waals surface area contributed by atoms with Crippen LogP contribution in [-0.4, -0.2) is 30.3 Å². The number of nitrogens with one attached hydrogen (secondary N) is 2. The molecule has 0 aromatic carbocycles. The molecule has 3 aromatic heterocycles. The van der Waals surface area contributed by atoms with E-state index in [1.54, 1.807) is 6.20 Å². The molecule has 0 saturated heterocycles. The lowest BCUT2D eigenvalue weighted by Crippen LogP contribution is -2.58.